The Bertz CT molecular complexity index is 575. The molecule has 0 saturated heterocycles. The van der Waals surface area contributed by atoms with Gasteiger partial charge in [0.2, 0.25) is 0 Å². The largest absolute Gasteiger partial charge is 0.369 e. The van der Waals surface area contributed by atoms with E-state index >= 15 is 0 Å². The normalized spacial score (nSPS) is 9.68. The number of hydrogen-bond donors (Lipinski definition) is 2. The van der Waals surface area contributed by atoms with Gasteiger partial charge in [0.15, 0.2) is 0 Å². The fourth-order valence-electron chi connectivity index (χ4n) is 1.55. The van der Waals surface area contributed by atoms with Gasteiger partial charge in [-0.05, 0) is 19.1 Å². The van der Waals surface area contributed by atoms with Crippen molar-refractivity contribution in [2.75, 3.05) is 17.2 Å². The van der Waals surface area contributed by atoms with Gasteiger partial charge >= 0.3 is 0 Å². The van der Waals surface area contributed by atoms with Crippen LogP contribution in [0.25, 0.3) is 0 Å². The summed E-state index contributed by atoms with van der Waals surface area (Å²) < 4.78 is 0. The van der Waals surface area contributed by atoms with Crippen LogP contribution in [-0.2, 0) is 0 Å². The monoisotopic (exact) mass is 254 g/mol. The summed E-state index contributed by atoms with van der Waals surface area (Å²) in [5, 5.41) is 14.7. The first kappa shape index (κ1) is 12.8. The maximum Gasteiger partial charge on any atom is 0.136 e. The summed E-state index contributed by atoms with van der Waals surface area (Å²) >= 11 is 0. The fraction of sp³-hybridized carbons (Fsp3) is 0.231. The van der Waals surface area contributed by atoms with Crippen LogP contribution >= 0.6 is 0 Å². The molecule has 6 nitrogen and oxygen atoms in total. The van der Waals surface area contributed by atoms with Gasteiger partial charge in [0.05, 0.1) is 24.4 Å². The van der Waals surface area contributed by atoms with Gasteiger partial charge in [-0.2, -0.15) is 5.26 Å². The molecule has 0 fully saturated rings. The van der Waals surface area contributed by atoms with Crippen molar-refractivity contribution in [1.29, 1.82) is 5.26 Å². The van der Waals surface area contributed by atoms with Crippen molar-refractivity contribution in [2.45, 2.75) is 13.3 Å². The topological polar surface area (TPSA) is 86.5 Å². The molecule has 2 aromatic heterocycles. The molecule has 0 saturated carbocycles. The quantitative estimate of drug-likeness (QED) is 0.796. The molecule has 2 N–H and O–H groups in total. The Labute approximate surface area is 111 Å². The van der Waals surface area contributed by atoms with E-state index in [9.17, 15) is 0 Å². The molecule has 6 heteroatoms. The SMILES string of the molecule is Cc1nc(NCCC#N)cc(Nc2cccnc2)n1. The predicted octanol–water partition coefficient (Wildman–Crippen LogP) is 2.25. The zero-order valence-electron chi connectivity index (χ0n) is 10.6. The van der Waals surface area contributed by atoms with Crippen LogP contribution in [0.5, 0.6) is 0 Å². The van der Waals surface area contributed by atoms with E-state index in [1.165, 1.54) is 0 Å². The van der Waals surface area contributed by atoms with E-state index in [1.807, 2.05) is 19.1 Å². The van der Waals surface area contributed by atoms with Crippen molar-refractivity contribution < 1.29 is 0 Å². The van der Waals surface area contributed by atoms with E-state index in [0.717, 1.165) is 5.69 Å². The summed E-state index contributed by atoms with van der Waals surface area (Å²) in [5.74, 6) is 2.06. The molecule has 2 heterocycles. The Balaban J connectivity index is 2.10. The number of hydrogen-bond acceptors (Lipinski definition) is 6. The van der Waals surface area contributed by atoms with Crippen LogP contribution in [0, 0.1) is 18.3 Å². The molecule has 2 rings (SSSR count). The van der Waals surface area contributed by atoms with Crippen molar-refractivity contribution in [3.63, 3.8) is 0 Å². The summed E-state index contributed by atoms with van der Waals surface area (Å²) in [4.78, 5) is 12.6. The Hall–Kier alpha value is -2.68. The van der Waals surface area contributed by atoms with Crippen molar-refractivity contribution in [1.82, 2.24) is 15.0 Å². The van der Waals surface area contributed by atoms with Gasteiger partial charge in [-0.25, -0.2) is 9.97 Å². The van der Waals surface area contributed by atoms with Gasteiger partial charge in [0.1, 0.15) is 17.5 Å². The average Bonchev–Trinajstić information content (AvgIpc) is 2.39. The molecule has 0 aliphatic heterocycles. The van der Waals surface area contributed by atoms with Crippen molar-refractivity contribution in [3.8, 4) is 6.07 Å². The van der Waals surface area contributed by atoms with Crippen LogP contribution in [0.2, 0.25) is 0 Å². The smallest absolute Gasteiger partial charge is 0.136 e. The third-order valence-electron chi connectivity index (χ3n) is 2.31. The molecule has 0 radical (unpaired) electrons. The molecule has 0 atom stereocenters. The number of pyridine rings is 1. The number of nitriles is 1. The zero-order valence-corrected chi connectivity index (χ0v) is 10.6. The molecule has 0 aliphatic carbocycles. The maximum atomic E-state index is 8.51. The molecular weight excluding hydrogens is 240 g/mol. The number of nitrogens with one attached hydrogen (secondary N) is 2. The highest BCUT2D eigenvalue weighted by molar-refractivity contribution is 5.58. The van der Waals surface area contributed by atoms with E-state index in [-0.39, 0.29) is 0 Å². The number of anilines is 3. The molecule has 0 aromatic carbocycles. The zero-order chi connectivity index (χ0) is 13.5. The van der Waals surface area contributed by atoms with Gasteiger partial charge < -0.3 is 10.6 Å². The molecule has 2 aromatic rings. The second-order valence-corrected chi connectivity index (χ2v) is 3.89. The summed E-state index contributed by atoms with van der Waals surface area (Å²) in [6, 6.07) is 7.64. The summed E-state index contributed by atoms with van der Waals surface area (Å²) in [6.45, 7) is 2.39. The van der Waals surface area contributed by atoms with Crippen LogP contribution in [0.15, 0.2) is 30.6 Å². The highest BCUT2D eigenvalue weighted by atomic mass is 15.1. The van der Waals surface area contributed by atoms with Crippen LogP contribution in [0.4, 0.5) is 17.3 Å². The lowest BCUT2D eigenvalue weighted by molar-refractivity contribution is 1.01. The molecule has 96 valence electrons. The molecule has 0 amide bonds. The summed E-state index contributed by atoms with van der Waals surface area (Å²) in [6.07, 6.45) is 3.87. The van der Waals surface area contributed by atoms with Crippen molar-refractivity contribution >= 4 is 17.3 Å². The van der Waals surface area contributed by atoms with Crippen LogP contribution in [-0.4, -0.2) is 21.5 Å². The molecule has 19 heavy (non-hydrogen) atoms. The molecule has 0 unspecified atom stereocenters. The highest BCUT2D eigenvalue weighted by Crippen LogP contribution is 2.16. The lowest BCUT2D eigenvalue weighted by Crippen LogP contribution is -2.05. The fourth-order valence-corrected chi connectivity index (χ4v) is 1.55. The Morgan fingerprint density at radius 3 is 2.89 bits per heavy atom. The van der Waals surface area contributed by atoms with Gasteiger partial charge in [0.25, 0.3) is 0 Å². The van der Waals surface area contributed by atoms with Gasteiger partial charge in [-0.3, -0.25) is 4.98 Å². The average molecular weight is 254 g/mol. The van der Waals surface area contributed by atoms with Crippen LogP contribution < -0.4 is 10.6 Å². The van der Waals surface area contributed by atoms with Gasteiger partial charge in [-0.15, -0.1) is 0 Å². The van der Waals surface area contributed by atoms with Crippen molar-refractivity contribution in [3.05, 3.63) is 36.4 Å². The molecule has 0 aliphatic rings. The Morgan fingerprint density at radius 2 is 2.16 bits per heavy atom. The van der Waals surface area contributed by atoms with Crippen molar-refractivity contribution in [2.24, 2.45) is 0 Å². The number of nitrogens with zero attached hydrogens (tertiary/aromatic N) is 4. The van der Waals surface area contributed by atoms with Gasteiger partial charge in [0, 0.05) is 18.8 Å². The van der Waals surface area contributed by atoms with Crippen LogP contribution in [0.3, 0.4) is 0 Å². The number of aromatic nitrogens is 3. The second-order valence-electron chi connectivity index (χ2n) is 3.89. The lowest BCUT2D eigenvalue weighted by atomic mass is 10.4. The van der Waals surface area contributed by atoms with E-state index in [4.69, 9.17) is 5.26 Å². The second kappa shape index (κ2) is 6.31. The highest BCUT2D eigenvalue weighted by Gasteiger charge is 2.02. The minimum Gasteiger partial charge on any atom is -0.369 e. The summed E-state index contributed by atoms with van der Waals surface area (Å²) in [7, 11) is 0. The molecule has 0 spiro atoms. The maximum absolute atomic E-state index is 8.51. The first-order valence-corrected chi connectivity index (χ1v) is 5.91. The third-order valence-corrected chi connectivity index (χ3v) is 2.31. The van der Waals surface area contributed by atoms with E-state index in [1.54, 1.807) is 18.5 Å². The molecule has 0 bridgehead atoms. The third kappa shape index (κ3) is 3.92. The van der Waals surface area contributed by atoms with E-state index < -0.39 is 0 Å². The number of rotatable bonds is 5. The number of aryl methyl sites for hydroxylation is 1. The first-order valence-electron chi connectivity index (χ1n) is 5.91. The summed E-state index contributed by atoms with van der Waals surface area (Å²) in [5.41, 5.74) is 0.864. The Kier molecular flexibility index (Phi) is 4.24. The standard InChI is InChI=1S/C13H14N6/c1-10-17-12(16-7-3-5-14)8-13(18-10)19-11-4-2-6-15-9-11/h2,4,6,8-9H,3,7H2,1H3,(H2,16,17,18,19). The van der Waals surface area contributed by atoms with E-state index in [2.05, 4.69) is 31.7 Å². The molecular formula is C13H14N6. The lowest BCUT2D eigenvalue weighted by Gasteiger charge is -2.09. The minimum absolute atomic E-state index is 0.439. The van der Waals surface area contributed by atoms with Crippen LogP contribution in [0.1, 0.15) is 12.2 Å². The first-order chi connectivity index (χ1) is 9.28. The predicted molar refractivity (Wildman–Crippen MR) is 73.0 cm³/mol. The Morgan fingerprint density at radius 1 is 1.32 bits per heavy atom. The van der Waals surface area contributed by atoms with E-state index in [0.29, 0.717) is 30.4 Å². The van der Waals surface area contributed by atoms with Gasteiger partial charge in [-0.1, -0.05) is 0 Å². The minimum atomic E-state index is 0.439.